The molecule has 0 spiro atoms. The summed E-state index contributed by atoms with van der Waals surface area (Å²) in [6, 6.07) is 8.51. The van der Waals surface area contributed by atoms with Gasteiger partial charge in [-0.25, -0.2) is 4.98 Å². The summed E-state index contributed by atoms with van der Waals surface area (Å²) in [6.45, 7) is 1.65. The summed E-state index contributed by atoms with van der Waals surface area (Å²) in [6.07, 6.45) is 3.53. The largest absolute Gasteiger partial charge is 0.497 e. The second-order valence-corrected chi connectivity index (χ2v) is 4.96. The van der Waals surface area contributed by atoms with Crippen LogP contribution in [0, 0.1) is 0 Å². The van der Waals surface area contributed by atoms with Crippen molar-refractivity contribution >= 4 is 0 Å². The van der Waals surface area contributed by atoms with E-state index in [1.54, 1.807) is 13.4 Å². The second kappa shape index (κ2) is 7.07. The molecule has 5 nitrogen and oxygen atoms in total. The molecule has 20 heavy (non-hydrogen) atoms. The highest BCUT2D eigenvalue weighted by molar-refractivity contribution is 5.30. The molecule has 0 aliphatic carbocycles. The van der Waals surface area contributed by atoms with Gasteiger partial charge in [0.15, 0.2) is 0 Å². The summed E-state index contributed by atoms with van der Waals surface area (Å²) in [4.78, 5) is 9.31. The Bertz CT molecular complexity index is 510. The van der Waals surface area contributed by atoms with Gasteiger partial charge in [0.25, 0.3) is 0 Å². The van der Waals surface area contributed by atoms with E-state index in [2.05, 4.69) is 46.4 Å². The Labute approximate surface area is 120 Å². The molecule has 0 radical (unpaired) electrons. The molecular formula is C15H22N4O. The minimum atomic E-state index is 0.299. The van der Waals surface area contributed by atoms with Crippen LogP contribution in [0.15, 0.2) is 36.8 Å². The normalized spacial score (nSPS) is 12.6. The number of aromatic amines is 1. The lowest BCUT2D eigenvalue weighted by atomic mass is 10.1. The molecule has 0 amide bonds. The number of methoxy groups -OCH3 is 1. The zero-order chi connectivity index (χ0) is 14.4. The molecule has 1 aromatic carbocycles. The van der Waals surface area contributed by atoms with Gasteiger partial charge in [0, 0.05) is 31.0 Å². The highest BCUT2D eigenvalue weighted by Gasteiger charge is 2.14. The Morgan fingerprint density at radius 2 is 2.25 bits per heavy atom. The Hall–Kier alpha value is -1.85. The molecule has 0 aliphatic heterocycles. The number of imidazole rings is 1. The average Bonchev–Trinajstić information content (AvgIpc) is 2.96. The zero-order valence-electron chi connectivity index (χ0n) is 12.3. The van der Waals surface area contributed by atoms with Gasteiger partial charge in [0.05, 0.1) is 13.4 Å². The highest BCUT2D eigenvalue weighted by Crippen LogP contribution is 2.22. The summed E-state index contributed by atoms with van der Waals surface area (Å²) in [5.74, 6) is 0.892. The van der Waals surface area contributed by atoms with Crippen LogP contribution in [-0.2, 0) is 6.54 Å². The van der Waals surface area contributed by atoms with Crippen molar-refractivity contribution in [2.45, 2.75) is 12.6 Å². The molecule has 2 rings (SSSR count). The summed E-state index contributed by atoms with van der Waals surface area (Å²) in [5.41, 5.74) is 2.33. The van der Waals surface area contributed by atoms with Gasteiger partial charge in [0.2, 0.25) is 0 Å². The number of likely N-dealkylation sites (N-methyl/N-ethyl adjacent to an activating group) is 1. The maximum atomic E-state index is 5.30. The van der Waals surface area contributed by atoms with Crippen molar-refractivity contribution in [2.24, 2.45) is 0 Å². The molecule has 5 heteroatoms. The predicted octanol–water partition coefficient (Wildman–Crippen LogP) is 1.81. The number of nitrogens with zero attached hydrogens (tertiary/aromatic N) is 2. The topological polar surface area (TPSA) is 53.2 Å². The van der Waals surface area contributed by atoms with Crippen LogP contribution in [0.4, 0.5) is 0 Å². The molecule has 0 saturated carbocycles. The molecule has 1 aromatic heterocycles. The van der Waals surface area contributed by atoms with Crippen LogP contribution in [0.25, 0.3) is 0 Å². The number of benzene rings is 1. The molecule has 2 aromatic rings. The second-order valence-electron chi connectivity index (χ2n) is 4.96. The molecule has 1 heterocycles. The first-order chi connectivity index (χ1) is 9.70. The summed E-state index contributed by atoms with van der Waals surface area (Å²) < 4.78 is 5.30. The first-order valence-corrected chi connectivity index (χ1v) is 6.69. The van der Waals surface area contributed by atoms with Crippen molar-refractivity contribution in [1.82, 2.24) is 20.2 Å². The molecule has 0 saturated heterocycles. The molecule has 1 atom stereocenters. The molecule has 108 valence electrons. The lowest BCUT2D eigenvalue weighted by Gasteiger charge is -2.25. The Morgan fingerprint density at radius 1 is 1.40 bits per heavy atom. The van der Waals surface area contributed by atoms with Gasteiger partial charge in [-0.2, -0.15) is 0 Å². The third-order valence-electron chi connectivity index (χ3n) is 3.31. The SMILES string of the molecule is COc1cccc(C(CNCc2cnc[nH]2)N(C)C)c1. The van der Waals surface area contributed by atoms with E-state index < -0.39 is 0 Å². The van der Waals surface area contributed by atoms with Gasteiger partial charge in [-0.15, -0.1) is 0 Å². The Morgan fingerprint density at radius 3 is 2.90 bits per heavy atom. The van der Waals surface area contributed by atoms with Crippen molar-refractivity contribution in [3.05, 3.63) is 48.0 Å². The number of hydrogen-bond acceptors (Lipinski definition) is 4. The van der Waals surface area contributed by atoms with Crippen molar-refractivity contribution < 1.29 is 4.74 Å². The van der Waals surface area contributed by atoms with E-state index in [1.165, 1.54) is 5.56 Å². The third kappa shape index (κ3) is 3.82. The van der Waals surface area contributed by atoms with Gasteiger partial charge in [0.1, 0.15) is 5.75 Å². The van der Waals surface area contributed by atoms with E-state index in [0.29, 0.717) is 6.04 Å². The lowest BCUT2D eigenvalue weighted by Crippen LogP contribution is -2.30. The fourth-order valence-electron chi connectivity index (χ4n) is 2.17. The van der Waals surface area contributed by atoms with Gasteiger partial charge in [-0.3, -0.25) is 0 Å². The van der Waals surface area contributed by atoms with E-state index in [9.17, 15) is 0 Å². The number of ether oxygens (including phenoxy) is 1. The highest BCUT2D eigenvalue weighted by atomic mass is 16.5. The Balaban J connectivity index is 1.99. The number of rotatable bonds is 7. The summed E-state index contributed by atoms with van der Waals surface area (Å²) in [7, 11) is 5.87. The maximum absolute atomic E-state index is 5.30. The van der Waals surface area contributed by atoms with Crippen molar-refractivity contribution in [3.8, 4) is 5.75 Å². The number of H-pyrrole nitrogens is 1. The average molecular weight is 274 g/mol. The minimum absolute atomic E-state index is 0.299. The van der Waals surface area contributed by atoms with Gasteiger partial charge < -0.3 is 19.9 Å². The van der Waals surface area contributed by atoms with Crippen molar-refractivity contribution in [3.63, 3.8) is 0 Å². The third-order valence-corrected chi connectivity index (χ3v) is 3.31. The standard InChI is InChI=1S/C15H22N4O/c1-19(2)15(10-16-8-13-9-17-11-18-13)12-5-4-6-14(7-12)20-3/h4-7,9,11,15-16H,8,10H2,1-3H3,(H,17,18). The molecule has 0 fully saturated rings. The quantitative estimate of drug-likeness (QED) is 0.808. The fourth-order valence-corrected chi connectivity index (χ4v) is 2.17. The first-order valence-electron chi connectivity index (χ1n) is 6.69. The molecular weight excluding hydrogens is 252 g/mol. The van der Waals surface area contributed by atoms with E-state index in [0.717, 1.165) is 24.5 Å². The van der Waals surface area contributed by atoms with Crippen LogP contribution < -0.4 is 10.1 Å². The van der Waals surface area contributed by atoms with E-state index >= 15 is 0 Å². The zero-order valence-corrected chi connectivity index (χ0v) is 12.3. The van der Waals surface area contributed by atoms with Gasteiger partial charge in [-0.05, 0) is 31.8 Å². The van der Waals surface area contributed by atoms with E-state index in [-0.39, 0.29) is 0 Å². The number of aromatic nitrogens is 2. The molecule has 0 bridgehead atoms. The van der Waals surface area contributed by atoms with Crippen molar-refractivity contribution in [1.29, 1.82) is 0 Å². The summed E-state index contributed by atoms with van der Waals surface area (Å²) in [5, 5.41) is 3.45. The smallest absolute Gasteiger partial charge is 0.119 e. The van der Waals surface area contributed by atoms with Gasteiger partial charge >= 0.3 is 0 Å². The number of hydrogen-bond donors (Lipinski definition) is 2. The monoisotopic (exact) mass is 274 g/mol. The van der Waals surface area contributed by atoms with Crippen LogP contribution >= 0.6 is 0 Å². The van der Waals surface area contributed by atoms with E-state index in [4.69, 9.17) is 4.74 Å². The van der Waals surface area contributed by atoms with Crippen LogP contribution in [0.2, 0.25) is 0 Å². The molecule has 1 unspecified atom stereocenters. The van der Waals surface area contributed by atoms with Crippen LogP contribution in [0.1, 0.15) is 17.3 Å². The van der Waals surface area contributed by atoms with E-state index in [1.807, 2.05) is 18.3 Å². The van der Waals surface area contributed by atoms with Crippen LogP contribution in [0.5, 0.6) is 5.75 Å². The first kappa shape index (κ1) is 14.6. The fraction of sp³-hybridized carbons (Fsp3) is 0.400. The maximum Gasteiger partial charge on any atom is 0.119 e. The van der Waals surface area contributed by atoms with Crippen LogP contribution in [0.3, 0.4) is 0 Å². The van der Waals surface area contributed by atoms with Gasteiger partial charge in [-0.1, -0.05) is 12.1 Å². The minimum Gasteiger partial charge on any atom is -0.497 e. The Kier molecular flexibility index (Phi) is 5.15. The number of nitrogens with one attached hydrogen (secondary N) is 2. The lowest BCUT2D eigenvalue weighted by molar-refractivity contribution is 0.287. The summed E-state index contributed by atoms with van der Waals surface area (Å²) >= 11 is 0. The molecule has 2 N–H and O–H groups in total. The predicted molar refractivity (Wildman–Crippen MR) is 79.7 cm³/mol. The molecule has 0 aliphatic rings. The van der Waals surface area contributed by atoms with Crippen LogP contribution in [-0.4, -0.2) is 42.6 Å². The van der Waals surface area contributed by atoms with Crippen molar-refractivity contribution in [2.75, 3.05) is 27.7 Å².